The summed E-state index contributed by atoms with van der Waals surface area (Å²) in [7, 11) is 0. The third-order valence-electron chi connectivity index (χ3n) is 6.65. The first-order valence-electron chi connectivity index (χ1n) is 11.8. The molecule has 5 rings (SSSR count). The molecule has 3 heterocycles. The lowest BCUT2D eigenvalue weighted by Gasteiger charge is -2.30. The van der Waals surface area contributed by atoms with Gasteiger partial charge in [-0.25, -0.2) is 4.98 Å². The number of rotatable bonds is 5. The Bertz CT molecular complexity index is 1290. The summed E-state index contributed by atoms with van der Waals surface area (Å²) in [6.07, 6.45) is 2.49. The average Bonchev–Trinajstić information content (AvgIpc) is 3.32. The lowest BCUT2D eigenvalue weighted by atomic mass is 9.99. The van der Waals surface area contributed by atoms with E-state index < -0.39 is 0 Å². The number of anilines is 1. The number of carbonyl (C=O) groups excluding carboxylic acids is 3. The van der Waals surface area contributed by atoms with E-state index in [-0.39, 0.29) is 29.3 Å². The van der Waals surface area contributed by atoms with Gasteiger partial charge in [0.05, 0.1) is 21.3 Å². The molecule has 2 aromatic carbocycles. The lowest BCUT2D eigenvalue weighted by molar-refractivity contribution is 0.0609. The molecule has 8 heteroatoms. The summed E-state index contributed by atoms with van der Waals surface area (Å²) in [5.41, 5.74) is 3.03. The number of nitrogens with zero attached hydrogens (tertiary/aromatic N) is 3. The highest BCUT2D eigenvalue weighted by molar-refractivity contribution is 7.22. The van der Waals surface area contributed by atoms with E-state index in [0.29, 0.717) is 16.3 Å². The SMILES string of the molecule is CC1CCN(Cc2ccc3nc(NC(=O)c4ccc5c(c4)C(=O)N(C(C)C)C5=O)sc3c2)CC1. The Morgan fingerprint density at radius 1 is 1.09 bits per heavy atom. The van der Waals surface area contributed by atoms with Gasteiger partial charge in [-0.15, -0.1) is 0 Å². The normalized spacial score (nSPS) is 17.1. The molecule has 0 bridgehead atoms. The first-order valence-corrected chi connectivity index (χ1v) is 12.6. The molecule has 2 aliphatic rings. The van der Waals surface area contributed by atoms with E-state index in [1.54, 1.807) is 26.0 Å². The van der Waals surface area contributed by atoms with Crippen LogP contribution in [0.15, 0.2) is 36.4 Å². The molecule has 1 N–H and O–H groups in total. The van der Waals surface area contributed by atoms with Crippen molar-refractivity contribution in [3.05, 3.63) is 58.7 Å². The molecule has 0 radical (unpaired) electrons. The van der Waals surface area contributed by atoms with Crippen LogP contribution >= 0.6 is 11.3 Å². The van der Waals surface area contributed by atoms with Crippen molar-refractivity contribution >= 4 is 44.4 Å². The summed E-state index contributed by atoms with van der Waals surface area (Å²) >= 11 is 1.44. The van der Waals surface area contributed by atoms with Crippen molar-refractivity contribution in [2.75, 3.05) is 18.4 Å². The van der Waals surface area contributed by atoms with Gasteiger partial charge in [0, 0.05) is 18.2 Å². The molecular weight excluding hydrogens is 448 g/mol. The molecule has 2 aliphatic heterocycles. The number of hydrogen-bond donors (Lipinski definition) is 1. The topological polar surface area (TPSA) is 82.6 Å². The molecule has 0 spiro atoms. The molecule has 3 amide bonds. The van der Waals surface area contributed by atoms with Crippen molar-refractivity contribution in [3.8, 4) is 0 Å². The number of fused-ring (bicyclic) bond motifs is 2. The molecule has 0 aliphatic carbocycles. The van der Waals surface area contributed by atoms with E-state index >= 15 is 0 Å². The summed E-state index contributed by atoms with van der Waals surface area (Å²) in [5, 5.41) is 3.36. The minimum Gasteiger partial charge on any atom is -0.299 e. The fourth-order valence-corrected chi connectivity index (χ4v) is 5.56. The van der Waals surface area contributed by atoms with Gasteiger partial charge in [-0.05, 0) is 81.6 Å². The summed E-state index contributed by atoms with van der Waals surface area (Å²) in [6.45, 7) is 9.09. The third-order valence-corrected chi connectivity index (χ3v) is 7.59. The van der Waals surface area contributed by atoms with Gasteiger partial charge >= 0.3 is 0 Å². The first-order chi connectivity index (χ1) is 16.3. The fraction of sp³-hybridized carbons (Fsp3) is 0.385. The molecule has 1 saturated heterocycles. The third kappa shape index (κ3) is 4.23. The Kier molecular flexibility index (Phi) is 5.95. The Morgan fingerprint density at radius 2 is 1.82 bits per heavy atom. The molecule has 7 nitrogen and oxygen atoms in total. The standard InChI is InChI=1S/C26H28N4O3S/c1-15(2)30-24(32)19-6-5-18(13-20(19)25(30)33)23(31)28-26-27-21-7-4-17(12-22(21)34-26)14-29-10-8-16(3)9-11-29/h4-7,12-13,15-16H,8-11,14H2,1-3H3,(H,27,28,31). The lowest BCUT2D eigenvalue weighted by Crippen LogP contribution is -2.35. The molecular formula is C26H28N4O3S. The van der Waals surface area contributed by atoms with E-state index in [0.717, 1.165) is 35.8 Å². The Morgan fingerprint density at radius 3 is 2.56 bits per heavy atom. The predicted octanol–water partition coefficient (Wildman–Crippen LogP) is 4.78. The largest absolute Gasteiger partial charge is 0.299 e. The quantitative estimate of drug-likeness (QED) is 0.536. The van der Waals surface area contributed by atoms with Crippen LogP contribution in [0.5, 0.6) is 0 Å². The van der Waals surface area contributed by atoms with Crippen LogP contribution in [-0.2, 0) is 6.54 Å². The highest BCUT2D eigenvalue weighted by atomic mass is 32.1. The number of likely N-dealkylation sites (tertiary alicyclic amines) is 1. The number of aromatic nitrogens is 1. The van der Waals surface area contributed by atoms with Gasteiger partial charge in [0.15, 0.2) is 5.13 Å². The molecule has 0 saturated carbocycles. The van der Waals surface area contributed by atoms with Gasteiger partial charge in [-0.2, -0.15) is 0 Å². The number of carbonyl (C=O) groups is 3. The number of nitrogens with one attached hydrogen (secondary N) is 1. The number of hydrogen-bond acceptors (Lipinski definition) is 6. The number of thiazole rings is 1. The summed E-state index contributed by atoms with van der Waals surface area (Å²) in [4.78, 5) is 46.3. The summed E-state index contributed by atoms with van der Waals surface area (Å²) in [6, 6.07) is 10.7. The van der Waals surface area contributed by atoms with Crippen LogP contribution in [-0.4, -0.2) is 51.6 Å². The number of benzene rings is 2. The molecule has 34 heavy (non-hydrogen) atoms. The zero-order chi connectivity index (χ0) is 24.0. The van der Waals surface area contributed by atoms with Crippen LogP contribution in [0, 0.1) is 5.92 Å². The molecule has 176 valence electrons. The van der Waals surface area contributed by atoms with Crippen molar-refractivity contribution in [1.29, 1.82) is 0 Å². The molecule has 1 fully saturated rings. The summed E-state index contributed by atoms with van der Waals surface area (Å²) in [5.74, 6) is -0.221. The average molecular weight is 477 g/mol. The van der Waals surface area contributed by atoms with Crippen molar-refractivity contribution in [1.82, 2.24) is 14.8 Å². The summed E-state index contributed by atoms with van der Waals surface area (Å²) < 4.78 is 1.03. The maximum atomic E-state index is 12.9. The Labute approximate surface area is 202 Å². The zero-order valence-corrected chi connectivity index (χ0v) is 20.4. The second-order valence-electron chi connectivity index (χ2n) is 9.57. The smallest absolute Gasteiger partial charge is 0.261 e. The van der Waals surface area contributed by atoms with Crippen molar-refractivity contribution in [2.45, 2.75) is 46.2 Å². The highest BCUT2D eigenvalue weighted by Gasteiger charge is 2.37. The molecule has 1 aromatic heterocycles. The predicted molar refractivity (Wildman–Crippen MR) is 133 cm³/mol. The van der Waals surface area contributed by atoms with Crippen LogP contribution in [0.25, 0.3) is 10.2 Å². The molecule has 0 atom stereocenters. The Balaban J connectivity index is 1.30. The van der Waals surface area contributed by atoms with E-state index in [4.69, 9.17) is 0 Å². The monoisotopic (exact) mass is 476 g/mol. The number of imide groups is 1. The fourth-order valence-electron chi connectivity index (χ4n) is 4.64. The maximum absolute atomic E-state index is 12.9. The van der Waals surface area contributed by atoms with Crippen LogP contribution in [0.3, 0.4) is 0 Å². The van der Waals surface area contributed by atoms with E-state index in [1.165, 1.54) is 40.7 Å². The van der Waals surface area contributed by atoms with E-state index in [2.05, 4.69) is 34.3 Å². The van der Waals surface area contributed by atoms with Gasteiger partial charge in [-0.1, -0.05) is 24.3 Å². The number of amides is 3. The highest BCUT2D eigenvalue weighted by Crippen LogP contribution is 2.29. The second kappa shape index (κ2) is 8.92. The van der Waals surface area contributed by atoms with Crippen molar-refractivity contribution in [2.24, 2.45) is 5.92 Å². The Hall–Kier alpha value is -3.10. The molecule has 0 unspecified atom stereocenters. The van der Waals surface area contributed by atoms with E-state index in [1.807, 2.05) is 6.07 Å². The van der Waals surface area contributed by atoms with Gasteiger partial charge in [0.2, 0.25) is 0 Å². The van der Waals surface area contributed by atoms with Crippen molar-refractivity contribution in [3.63, 3.8) is 0 Å². The van der Waals surface area contributed by atoms with Crippen LogP contribution in [0.1, 0.15) is 70.3 Å². The minimum absolute atomic E-state index is 0.240. The second-order valence-corrected chi connectivity index (χ2v) is 10.6. The van der Waals surface area contributed by atoms with Gasteiger partial charge in [-0.3, -0.25) is 29.5 Å². The minimum atomic E-state index is -0.361. The number of piperidine rings is 1. The van der Waals surface area contributed by atoms with Crippen LogP contribution in [0.2, 0.25) is 0 Å². The van der Waals surface area contributed by atoms with Gasteiger partial charge in [0.1, 0.15) is 0 Å². The maximum Gasteiger partial charge on any atom is 0.261 e. The van der Waals surface area contributed by atoms with Gasteiger partial charge < -0.3 is 0 Å². The van der Waals surface area contributed by atoms with E-state index in [9.17, 15) is 14.4 Å². The van der Waals surface area contributed by atoms with Crippen LogP contribution in [0.4, 0.5) is 5.13 Å². The molecule has 3 aromatic rings. The van der Waals surface area contributed by atoms with Crippen LogP contribution < -0.4 is 5.32 Å². The van der Waals surface area contributed by atoms with Crippen molar-refractivity contribution < 1.29 is 14.4 Å². The first kappa shape index (κ1) is 22.7. The zero-order valence-electron chi connectivity index (χ0n) is 19.6. The van der Waals surface area contributed by atoms with Gasteiger partial charge in [0.25, 0.3) is 17.7 Å².